The minimum absolute atomic E-state index is 0. The standard InChI is InChI=1S/C20H24F4N4.HI/c1-25-19(26-11-14-4-7-17(8-5-14)20(22,23)24)27-12-15-6-9-18(21)16(10-15)13-28(2)3;/h4-10H,11-13H2,1-3H3,(H2,25,26,27);1H. The van der Waals surface area contributed by atoms with Crippen LogP contribution in [0.25, 0.3) is 0 Å². The lowest BCUT2D eigenvalue weighted by Crippen LogP contribution is -2.36. The quantitative estimate of drug-likeness (QED) is 0.255. The van der Waals surface area contributed by atoms with E-state index < -0.39 is 11.7 Å². The zero-order valence-corrected chi connectivity index (χ0v) is 18.8. The van der Waals surface area contributed by atoms with Crippen molar-refractivity contribution < 1.29 is 17.6 Å². The average Bonchev–Trinajstić information content (AvgIpc) is 2.63. The van der Waals surface area contributed by atoms with E-state index in [0.717, 1.165) is 17.7 Å². The van der Waals surface area contributed by atoms with Gasteiger partial charge in [0.15, 0.2) is 5.96 Å². The van der Waals surface area contributed by atoms with Crippen LogP contribution in [0, 0.1) is 5.82 Å². The van der Waals surface area contributed by atoms with Crippen LogP contribution in [0.1, 0.15) is 22.3 Å². The fourth-order valence-corrected chi connectivity index (χ4v) is 2.60. The molecule has 0 saturated carbocycles. The predicted molar refractivity (Wildman–Crippen MR) is 118 cm³/mol. The smallest absolute Gasteiger partial charge is 0.352 e. The molecule has 160 valence electrons. The number of hydrogen-bond donors (Lipinski definition) is 2. The molecule has 2 aromatic carbocycles. The van der Waals surface area contributed by atoms with Gasteiger partial charge >= 0.3 is 6.18 Å². The molecular formula is C20H25F4IN4. The van der Waals surface area contributed by atoms with Crippen LogP contribution in [0.15, 0.2) is 47.5 Å². The lowest BCUT2D eigenvalue weighted by atomic mass is 10.1. The summed E-state index contributed by atoms with van der Waals surface area (Å²) in [5.41, 5.74) is 1.53. The molecule has 0 aliphatic carbocycles. The van der Waals surface area contributed by atoms with Crippen LogP contribution in [-0.2, 0) is 25.8 Å². The van der Waals surface area contributed by atoms with Crippen molar-refractivity contribution in [2.75, 3.05) is 21.1 Å². The summed E-state index contributed by atoms with van der Waals surface area (Å²) >= 11 is 0. The molecule has 0 atom stereocenters. The van der Waals surface area contributed by atoms with E-state index in [4.69, 9.17) is 0 Å². The summed E-state index contributed by atoms with van der Waals surface area (Å²) in [6, 6.07) is 9.90. The monoisotopic (exact) mass is 524 g/mol. The molecule has 0 fully saturated rings. The molecule has 0 heterocycles. The summed E-state index contributed by atoms with van der Waals surface area (Å²) in [5.74, 6) is 0.251. The molecule has 9 heteroatoms. The molecule has 4 nitrogen and oxygen atoms in total. The van der Waals surface area contributed by atoms with Crippen LogP contribution in [0.3, 0.4) is 0 Å². The van der Waals surface area contributed by atoms with Crippen molar-refractivity contribution in [2.45, 2.75) is 25.8 Å². The number of hydrogen-bond acceptors (Lipinski definition) is 2. The van der Waals surface area contributed by atoms with E-state index in [9.17, 15) is 17.6 Å². The molecular weight excluding hydrogens is 499 g/mol. The first kappa shape index (κ1) is 25.2. The summed E-state index contributed by atoms with van der Waals surface area (Å²) in [4.78, 5) is 5.98. The molecule has 29 heavy (non-hydrogen) atoms. The molecule has 2 aromatic rings. The highest BCUT2D eigenvalue weighted by Crippen LogP contribution is 2.29. The van der Waals surface area contributed by atoms with E-state index >= 15 is 0 Å². The maximum Gasteiger partial charge on any atom is 0.416 e. The summed E-state index contributed by atoms with van der Waals surface area (Å²) in [7, 11) is 5.35. The largest absolute Gasteiger partial charge is 0.416 e. The first-order valence-electron chi connectivity index (χ1n) is 8.71. The van der Waals surface area contributed by atoms with Crippen molar-refractivity contribution in [3.8, 4) is 0 Å². The Labute approximate surface area is 185 Å². The Morgan fingerprint density at radius 1 is 0.966 bits per heavy atom. The van der Waals surface area contributed by atoms with Gasteiger partial charge in [-0.3, -0.25) is 4.99 Å². The second kappa shape index (κ2) is 11.3. The third kappa shape index (κ3) is 8.17. The number of benzene rings is 2. The van der Waals surface area contributed by atoms with Gasteiger partial charge in [-0.05, 0) is 49.5 Å². The first-order chi connectivity index (χ1) is 13.2. The fraction of sp³-hybridized carbons (Fsp3) is 0.350. The van der Waals surface area contributed by atoms with Crippen molar-refractivity contribution in [1.82, 2.24) is 15.5 Å². The molecule has 0 aromatic heterocycles. The minimum atomic E-state index is -4.34. The van der Waals surface area contributed by atoms with Gasteiger partial charge in [0, 0.05) is 32.2 Å². The second-order valence-corrected chi connectivity index (χ2v) is 6.64. The molecule has 0 aliphatic heterocycles. The third-order valence-corrected chi connectivity index (χ3v) is 4.02. The van der Waals surface area contributed by atoms with E-state index in [-0.39, 0.29) is 29.8 Å². The second-order valence-electron chi connectivity index (χ2n) is 6.64. The van der Waals surface area contributed by atoms with Crippen molar-refractivity contribution >= 4 is 29.9 Å². The highest BCUT2D eigenvalue weighted by molar-refractivity contribution is 14.0. The number of halogens is 5. The molecule has 2 rings (SSSR count). The number of alkyl halides is 3. The van der Waals surface area contributed by atoms with Crippen LogP contribution >= 0.6 is 24.0 Å². The van der Waals surface area contributed by atoms with Crippen LogP contribution in [-0.4, -0.2) is 32.0 Å². The van der Waals surface area contributed by atoms with Crippen molar-refractivity contribution in [2.24, 2.45) is 4.99 Å². The summed E-state index contributed by atoms with van der Waals surface area (Å²) < 4.78 is 51.7. The number of guanidine groups is 1. The summed E-state index contributed by atoms with van der Waals surface area (Å²) in [6.07, 6.45) is -4.34. The Balaban J connectivity index is 0.00000420. The molecule has 0 bridgehead atoms. The van der Waals surface area contributed by atoms with Crippen molar-refractivity contribution in [3.05, 3.63) is 70.5 Å². The highest BCUT2D eigenvalue weighted by Gasteiger charge is 2.29. The summed E-state index contributed by atoms with van der Waals surface area (Å²) in [6.45, 7) is 1.26. The highest BCUT2D eigenvalue weighted by atomic mass is 127. The number of rotatable bonds is 6. The molecule has 0 radical (unpaired) electrons. The van der Waals surface area contributed by atoms with Crippen molar-refractivity contribution in [3.63, 3.8) is 0 Å². The Kier molecular flexibility index (Phi) is 9.84. The molecule has 0 aliphatic rings. The lowest BCUT2D eigenvalue weighted by Gasteiger charge is -2.14. The maximum absolute atomic E-state index is 13.9. The lowest BCUT2D eigenvalue weighted by molar-refractivity contribution is -0.137. The van der Waals surface area contributed by atoms with E-state index in [2.05, 4.69) is 15.6 Å². The van der Waals surface area contributed by atoms with Gasteiger partial charge in [-0.25, -0.2) is 4.39 Å². The Morgan fingerprint density at radius 2 is 1.52 bits per heavy atom. The van der Waals surface area contributed by atoms with Gasteiger partial charge in [0.1, 0.15) is 5.82 Å². The van der Waals surface area contributed by atoms with Gasteiger partial charge in [0.2, 0.25) is 0 Å². The van der Waals surface area contributed by atoms with Crippen LogP contribution < -0.4 is 10.6 Å². The predicted octanol–water partition coefficient (Wildman–Crippen LogP) is 4.39. The zero-order valence-electron chi connectivity index (χ0n) is 16.5. The first-order valence-corrected chi connectivity index (χ1v) is 8.71. The number of nitrogens with zero attached hydrogens (tertiary/aromatic N) is 2. The van der Waals surface area contributed by atoms with Gasteiger partial charge in [-0.1, -0.05) is 18.2 Å². The van der Waals surface area contributed by atoms with Gasteiger partial charge in [0.25, 0.3) is 0 Å². The topological polar surface area (TPSA) is 39.7 Å². The summed E-state index contributed by atoms with van der Waals surface area (Å²) in [5, 5.41) is 6.16. The van der Waals surface area contributed by atoms with Crippen LogP contribution in [0.5, 0.6) is 0 Å². The van der Waals surface area contributed by atoms with E-state index in [1.165, 1.54) is 18.2 Å². The maximum atomic E-state index is 13.9. The van der Waals surface area contributed by atoms with Gasteiger partial charge in [-0.15, -0.1) is 24.0 Å². The number of aliphatic imine (C=N–C) groups is 1. The minimum Gasteiger partial charge on any atom is -0.352 e. The van der Waals surface area contributed by atoms with Gasteiger partial charge < -0.3 is 15.5 Å². The Hall–Kier alpha value is -1.88. The molecule has 2 N–H and O–H groups in total. The normalized spacial score (nSPS) is 11.9. The van der Waals surface area contributed by atoms with Gasteiger partial charge in [0.05, 0.1) is 5.56 Å². The van der Waals surface area contributed by atoms with Crippen LogP contribution in [0.2, 0.25) is 0 Å². The Bertz CT molecular complexity index is 805. The van der Waals surface area contributed by atoms with E-state index in [1.807, 2.05) is 19.0 Å². The third-order valence-electron chi connectivity index (χ3n) is 4.02. The van der Waals surface area contributed by atoms with Crippen LogP contribution in [0.4, 0.5) is 17.6 Å². The molecule has 0 saturated heterocycles. The Morgan fingerprint density at radius 3 is 2.03 bits per heavy atom. The fourth-order valence-electron chi connectivity index (χ4n) is 2.60. The SMILES string of the molecule is CN=C(NCc1ccc(C(F)(F)F)cc1)NCc1ccc(F)c(CN(C)C)c1.I. The molecule has 0 spiro atoms. The average molecular weight is 524 g/mol. The van der Waals surface area contributed by atoms with E-state index in [0.29, 0.717) is 36.7 Å². The van der Waals surface area contributed by atoms with Gasteiger partial charge in [-0.2, -0.15) is 13.2 Å². The number of nitrogens with one attached hydrogen (secondary N) is 2. The zero-order chi connectivity index (χ0) is 20.7. The van der Waals surface area contributed by atoms with Crippen molar-refractivity contribution in [1.29, 1.82) is 0 Å². The molecule has 0 amide bonds. The molecule has 0 unspecified atom stereocenters. The van der Waals surface area contributed by atoms with E-state index in [1.54, 1.807) is 19.2 Å².